The molecule has 0 spiro atoms. The summed E-state index contributed by atoms with van der Waals surface area (Å²) in [6, 6.07) is 0. The first-order chi connectivity index (χ1) is 8.58. The number of rotatable bonds is 6. The molecule has 0 saturated heterocycles. The Bertz CT molecular complexity index is 398. The Hall–Kier alpha value is -1.36. The van der Waals surface area contributed by atoms with Crippen molar-refractivity contribution in [2.75, 3.05) is 20.8 Å². The molecule has 0 aliphatic heterocycles. The van der Waals surface area contributed by atoms with Gasteiger partial charge in [-0.05, 0) is 24.3 Å². The molecule has 1 N–H and O–H groups in total. The van der Waals surface area contributed by atoms with Crippen molar-refractivity contribution in [2.24, 2.45) is 11.3 Å². The molecule has 1 unspecified atom stereocenters. The number of nitrogens with zero attached hydrogens (tertiary/aromatic N) is 2. The zero-order valence-corrected chi connectivity index (χ0v) is 11.5. The molecule has 0 bridgehead atoms. The monoisotopic (exact) mass is 251 g/mol. The largest absolute Gasteiger partial charge is 0.481 e. The van der Waals surface area contributed by atoms with Crippen LogP contribution in [0, 0.1) is 11.3 Å². The Morgan fingerprint density at radius 1 is 1.28 bits per heavy atom. The predicted octanol–water partition coefficient (Wildman–Crippen LogP) is 1.63. The maximum absolute atomic E-state index is 5.23. The molecule has 1 atom stereocenters. The Morgan fingerprint density at radius 2 is 1.83 bits per heavy atom. The number of methoxy groups -OCH3 is 2. The smallest absolute Gasteiger partial charge is 0.224 e. The Kier molecular flexibility index (Phi) is 3.71. The summed E-state index contributed by atoms with van der Waals surface area (Å²) in [7, 11) is 3.21. The van der Waals surface area contributed by atoms with E-state index in [1.165, 1.54) is 12.7 Å². The van der Waals surface area contributed by atoms with Crippen LogP contribution >= 0.6 is 0 Å². The second kappa shape index (κ2) is 5.10. The van der Waals surface area contributed by atoms with Gasteiger partial charge in [-0.2, -0.15) is 0 Å². The predicted molar refractivity (Wildman–Crippen MR) is 68.7 cm³/mol. The van der Waals surface area contributed by atoms with Gasteiger partial charge in [-0.3, -0.25) is 0 Å². The molecule has 1 heterocycles. The number of aromatic nitrogens is 2. The summed E-state index contributed by atoms with van der Waals surface area (Å²) in [5.74, 6) is 1.91. The van der Waals surface area contributed by atoms with Crippen molar-refractivity contribution in [3.63, 3.8) is 0 Å². The first-order valence-electron chi connectivity index (χ1n) is 6.21. The van der Waals surface area contributed by atoms with Crippen LogP contribution in [-0.4, -0.2) is 30.7 Å². The van der Waals surface area contributed by atoms with E-state index in [9.17, 15) is 0 Å². The van der Waals surface area contributed by atoms with Gasteiger partial charge in [0.1, 0.15) is 6.33 Å². The van der Waals surface area contributed by atoms with E-state index in [1.807, 2.05) is 0 Å². The van der Waals surface area contributed by atoms with Gasteiger partial charge < -0.3 is 14.8 Å². The summed E-state index contributed by atoms with van der Waals surface area (Å²) in [5.41, 5.74) is 1.37. The van der Waals surface area contributed by atoms with Crippen LogP contribution in [0.2, 0.25) is 0 Å². The Morgan fingerprint density at radius 3 is 2.28 bits per heavy atom. The van der Waals surface area contributed by atoms with Gasteiger partial charge in [0.05, 0.1) is 19.8 Å². The van der Waals surface area contributed by atoms with Crippen LogP contribution in [0.15, 0.2) is 6.33 Å². The Balaban J connectivity index is 1.95. The van der Waals surface area contributed by atoms with E-state index < -0.39 is 0 Å². The van der Waals surface area contributed by atoms with Crippen molar-refractivity contribution in [2.45, 2.75) is 26.8 Å². The lowest BCUT2D eigenvalue weighted by atomic mass is 10.1. The summed E-state index contributed by atoms with van der Waals surface area (Å²) < 4.78 is 10.5. The van der Waals surface area contributed by atoms with Crippen LogP contribution in [0.4, 0.5) is 0 Å². The molecular formula is C13H21N3O2. The van der Waals surface area contributed by atoms with Gasteiger partial charge in [-0.25, -0.2) is 9.97 Å². The zero-order chi connectivity index (χ0) is 13.2. The number of ether oxygens (including phenoxy) is 2. The topological polar surface area (TPSA) is 56.3 Å². The van der Waals surface area contributed by atoms with E-state index in [0.29, 0.717) is 23.7 Å². The van der Waals surface area contributed by atoms with Crippen molar-refractivity contribution in [1.29, 1.82) is 0 Å². The summed E-state index contributed by atoms with van der Waals surface area (Å²) in [6.45, 7) is 6.27. The average Bonchev–Trinajstić information content (AvgIpc) is 2.97. The molecule has 5 nitrogen and oxygen atoms in total. The molecule has 5 heteroatoms. The highest BCUT2D eigenvalue weighted by Gasteiger charge is 2.44. The fourth-order valence-corrected chi connectivity index (χ4v) is 2.18. The summed E-state index contributed by atoms with van der Waals surface area (Å²) >= 11 is 0. The van der Waals surface area contributed by atoms with Gasteiger partial charge in [0, 0.05) is 6.54 Å². The highest BCUT2D eigenvalue weighted by atomic mass is 16.5. The summed E-state index contributed by atoms with van der Waals surface area (Å²) in [6.07, 6.45) is 2.74. The van der Waals surface area contributed by atoms with E-state index in [0.717, 1.165) is 18.0 Å². The number of hydrogen-bond donors (Lipinski definition) is 1. The van der Waals surface area contributed by atoms with Crippen LogP contribution in [0.5, 0.6) is 11.8 Å². The molecule has 18 heavy (non-hydrogen) atoms. The van der Waals surface area contributed by atoms with E-state index in [-0.39, 0.29) is 0 Å². The number of hydrogen-bond acceptors (Lipinski definition) is 5. The fraction of sp³-hybridized carbons (Fsp3) is 0.692. The molecule has 0 radical (unpaired) electrons. The third-order valence-electron chi connectivity index (χ3n) is 3.66. The normalized spacial score (nSPS) is 20.6. The molecule has 1 saturated carbocycles. The van der Waals surface area contributed by atoms with Crippen LogP contribution in [0.25, 0.3) is 0 Å². The van der Waals surface area contributed by atoms with Gasteiger partial charge in [0.15, 0.2) is 0 Å². The lowest BCUT2D eigenvalue weighted by Gasteiger charge is -2.12. The molecule has 1 aromatic heterocycles. The molecule has 1 aliphatic rings. The summed E-state index contributed by atoms with van der Waals surface area (Å²) in [4.78, 5) is 8.19. The van der Waals surface area contributed by atoms with Crippen LogP contribution in [0.3, 0.4) is 0 Å². The molecular weight excluding hydrogens is 230 g/mol. The number of nitrogens with one attached hydrogen (secondary N) is 1. The molecule has 100 valence electrons. The molecule has 0 amide bonds. The van der Waals surface area contributed by atoms with Crippen molar-refractivity contribution >= 4 is 0 Å². The zero-order valence-electron chi connectivity index (χ0n) is 11.5. The molecule has 1 aromatic rings. The molecule has 2 rings (SSSR count). The Labute approximate surface area is 108 Å². The van der Waals surface area contributed by atoms with E-state index in [1.54, 1.807) is 14.2 Å². The molecule has 1 fully saturated rings. The minimum Gasteiger partial charge on any atom is -0.481 e. The van der Waals surface area contributed by atoms with Gasteiger partial charge in [0.2, 0.25) is 11.8 Å². The van der Waals surface area contributed by atoms with Gasteiger partial charge in [-0.15, -0.1) is 0 Å². The van der Waals surface area contributed by atoms with Crippen molar-refractivity contribution in [3.8, 4) is 11.8 Å². The highest BCUT2D eigenvalue weighted by molar-refractivity contribution is 5.34. The van der Waals surface area contributed by atoms with Crippen molar-refractivity contribution in [3.05, 3.63) is 11.9 Å². The third kappa shape index (κ3) is 2.72. The lowest BCUT2D eigenvalue weighted by Crippen LogP contribution is -2.19. The van der Waals surface area contributed by atoms with E-state index in [2.05, 4.69) is 29.1 Å². The highest BCUT2D eigenvalue weighted by Crippen LogP contribution is 2.51. The van der Waals surface area contributed by atoms with Gasteiger partial charge in [0.25, 0.3) is 0 Å². The minimum absolute atomic E-state index is 0.494. The van der Waals surface area contributed by atoms with Crippen LogP contribution < -0.4 is 14.8 Å². The second-order valence-corrected chi connectivity index (χ2v) is 5.39. The van der Waals surface area contributed by atoms with Crippen LogP contribution in [-0.2, 0) is 6.54 Å². The quantitative estimate of drug-likeness (QED) is 0.832. The second-order valence-electron chi connectivity index (χ2n) is 5.39. The minimum atomic E-state index is 0.494. The first-order valence-corrected chi connectivity index (χ1v) is 6.21. The van der Waals surface area contributed by atoms with Crippen LogP contribution in [0.1, 0.15) is 25.8 Å². The fourth-order valence-electron chi connectivity index (χ4n) is 2.18. The lowest BCUT2D eigenvalue weighted by molar-refractivity contribution is 0.358. The van der Waals surface area contributed by atoms with Crippen molar-refractivity contribution in [1.82, 2.24) is 15.3 Å². The van der Waals surface area contributed by atoms with Gasteiger partial charge >= 0.3 is 0 Å². The molecule has 1 aliphatic carbocycles. The summed E-state index contributed by atoms with van der Waals surface area (Å²) in [5, 5.41) is 3.43. The third-order valence-corrected chi connectivity index (χ3v) is 3.66. The first kappa shape index (κ1) is 13.1. The standard InChI is InChI=1S/C13H21N3O2/c1-13(2)5-9(13)6-14-7-10-11(17-3)15-8-16-12(10)18-4/h8-9,14H,5-7H2,1-4H3. The average molecular weight is 251 g/mol. The maximum atomic E-state index is 5.23. The molecule has 0 aromatic carbocycles. The van der Waals surface area contributed by atoms with E-state index >= 15 is 0 Å². The van der Waals surface area contributed by atoms with Gasteiger partial charge in [-0.1, -0.05) is 13.8 Å². The van der Waals surface area contributed by atoms with Crippen molar-refractivity contribution < 1.29 is 9.47 Å². The SMILES string of the molecule is COc1ncnc(OC)c1CNCC1CC1(C)C. The van der Waals surface area contributed by atoms with E-state index in [4.69, 9.17) is 9.47 Å². The maximum Gasteiger partial charge on any atom is 0.224 e.